The number of carboxylic acid groups (broad SMARTS) is 1. The quantitative estimate of drug-likeness (QED) is 0.632. The molecule has 0 radical (unpaired) electrons. The van der Waals surface area contributed by atoms with Crippen LogP contribution in [0, 0.1) is 6.92 Å². The lowest BCUT2D eigenvalue weighted by Gasteiger charge is -2.20. The number of fused-ring (bicyclic) bond motifs is 1. The minimum Gasteiger partial charge on any atom is -0.480 e. The average molecular weight is 248 g/mol. The van der Waals surface area contributed by atoms with Crippen molar-refractivity contribution < 1.29 is 9.90 Å². The number of aliphatic carboxylic acids is 1. The highest BCUT2D eigenvalue weighted by atomic mass is 16.4. The molecule has 18 heavy (non-hydrogen) atoms. The van der Waals surface area contributed by atoms with E-state index < -0.39 is 18.1 Å². The van der Waals surface area contributed by atoms with Crippen molar-refractivity contribution in [3.63, 3.8) is 0 Å². The van der Waals surface area contributed by atoms with E-state index in [0.29, 0.717) is 0 Å². The Hall–Kier alpha value is -1.92. The highest BCUT2D eigenvalue weighted by Gasteiger charge is 2.24. The van der Waals surface area contributed by atoms with Gasteiger partial charge in [-0.05, 0) is 31.7 Å². The van der Waals surface area contributed by atoms with Crippen molar-refractivity contribution in [1.29, 1.82) is 0 Å². The predicted molar refractivity (Wildman–Crippen MR) is 68.2 cm³/mol. The maximum absolute atomic E-state index is 11.0. The van der Waals surface area contributed by atoms with Gasteiger partial charge >= 0.3 is 5.97 Å². The third-order valence-electron chi connectivity index (χ3n) is 2.94. The number of H-pyrrole nitrogens is 1. The maximum atomic E-state index is 11.0. The van der Waals surface area contributed by atoms with Crippen LogP contribution < -0.4 is 11.1 Å². The Morgan fingerprint density at radius 1 is 1.56 bits per heavy atom. The van der Waals surface area contributed by atoms with Gasteiger partial charge in [-0.3, -0.25) is 4.79 Å². The lowest BCUT2D eigenvalue weighted by molar-refractivity contribution is -0.139. The zero-order valence-corrected chi connectivity index (χ0v) is 10.3. The molecule has 0 saturated carbocycles. The number of imidazole rings is 1. The van der Waals surface area contributed by atoms with Gasteiger partial charge in [-0.25, -0.2) is 4.98 Å². The number of carbonyl (C=O) groups is 1. The average Bonchev–Trinajstić information content (AvgIpc) is 2.69. The largest absolute Gasteiger partial charge is 0.480 e. The number of carboxylic acids is 1. The van der Waals surface area contributed by atoms with Crippen molar-refractivity contribution in [1.82, 2.24) is 15.3 Å². The Balaban J connectivity index is 2.41. The maximum Gasteiger partial charge on any atom is 0.322 e. The van der Waals surface area contributed by atoms with Crippen LogP contribution in [0.1, 0.15) is 17.4 Å². The Morgan fingerprint density at radius 3 is 2.89 bits per heavy atom. The first-order chi connectivity index (χ1) is 8.52. The molecule has 96 valence electrons. The second-order valence-corrected chi connectivity index (χ2v) is 4.23. The summed E-state index contributed by atoms with van der Waals surface area (Å²) in [6, 6.07) is 4.14. The molecule has 6 nitrogen and oxygen atoms in total. The van der Waals surface area contributed by atoms with E-state index in [9.17, 15) is 4.79 Å². The molecular weight excluding hydrogens is 232 g/mol. The van der Waals surface area contributed by atoms with Crippen molar-refractivity contribution >= 4 is 17.0 Å². The van der Waals surface area contributed by atoms with Crippen molar-refractivity contribution in [3.05, 3.63) is 29.6 Å². The van der Waals surface area contributed by atoms with E-state index in [-0.39, 0.29) is 0 Å². The molecule has 0 aliphatic heterocycles. The monoisotopic (exact) mass is 248 g/mol. The first-order valence-electron chi connectivity index (χ1n) is 5.65. The molecule has 1 aromatic heterocycles. The van der Waals surface area contributed by atoms with Gasteiger partial charge in [0.15, 0.2) is 0 Å². The van der Waals surface area contributed by atoms with Gasteiger partial charge in [0.2, 0.25) is 0 Å². The second kappa shape index (κ2) is 4.75. The fourth-order valence-electron chi connectivity index (χ4n) is 2.04. The molecule has 5 N–H and O–H groups in total. The summed E-state index contributed by atoms with van der Waals surface area (Å²) in [4.78, 5) is 18.4. The molecule has 0 aliphatic carbocycles. The Bertz CT molecular complexity index is 578. The normalized spacial score (nSPS) is 14.6. The van der Waals surface area contributed by atoms with Crippen LogP contribution in [0.2, 0.25) is 0 Å². The van der Waals surface area contributed by atoms with E-state index >= 15 is 0 Å². The van der Waals surface area contributed by atoms with E-state index in [1.54, 1.807) is 7.05 Å². The fraction of sp³-hybridized carbons (Fsp3) is 0.333. The molecule has 0 saturated heterocycles. The lowest BCUT2D eigenvalue weighted by atomic mass is 9.99. The van der Waals surface area contributed by atoms with Crippen molar-refractivity contribution in [2.45, 2.75) is 19.0 Å². The summed E-state index contributed by atoms with van der Waals surface area (Å²) in [5, 5.41) is 11.9. The number of nitrogens with one attached hydrogen (secondary N) is 2. The van der Waals surface area contributed by atoms with Gasteiger partial charge in [0, 0.05) is 0 Å². The van der Waals surface area contributed by atoms with E-state index in [2.05, 4.69) is 15.3 Å². The standard InChI is InChI=1S/C12H16N4O2/c1-6-15-8-4-3-7(5-9(8)16-6)11(14-2)10(13)12(17)18/h3-5,10-11,14H,13H2,1-2H3,(H,15,16)(H,17,18). The van der Waals surface area contributed by atoms with Gasteiger partial charge in [-0.1, -0.05) is 6.07 Å². The summed E-state index contributed by atoms with van der Waals surface area (Å²) in [5.74, 6) is -0.207. The lowest BCUT2D eigenvalue weighted by Crippen LogP contribution is -2.42. The number of aromatic nitrogens is 2. The van der Waals surface area contributed by atoms with Crippen LogP contribution in [0.4, 0.5) is 0 Å². The van der Waals surface area contributed by atoms with E-state index in [1.165, 1.54) is 0 Å². The molecule has 0 spiro atoms. The first-order valence-corrected chi connectivity index (χ1v) is 5.65. The van der Waals surface area contributed by atoms with Crippen LogP contribution in [-0.2, 0) is 4.79 Å². The molecule has 2 aromatic rings. The number of hydrogen-bond donors (Lipinski definition) is 4. The Labute approximate surface area is 104 Å². The number of nitrogens with two attached hydrogens (primary N) is 1. The minimum atomic E-state index is -1.03. The van der Waals surface area contributed by atoms with Crippen molar-refractivity contribution in [2.75, 3.05) is 7.05 Å². The van der Waals surface area contributed by atoms with Crippen LogP contribution in [0.3, 0.4) is 0 Å². The van der Waals surface area contributed by atoms with Crippen LogP contribution >= 0.6 is 0 Å². The molecule has 0 aliphatic rings. The fourth-order valence-corrected chi connectivity index (χ4v) is 2.04. The first kappa shape index (κ1) is 12.5. The van der Waals surface area contributed by atoms with Crippen molar-refractivity contribution in [2.24, 2.45) is 5.73 Å². The zero-order valence-electron chi connectivity index (χ0n) is 10.3. The van der Waals surface area contributed by atoms with Crippen LogP contribution in [0.5, 0.6) is 0 Å². The van der Waals surface area contributed by atoms with Crippen LogP contribution in [-0.4, -0.2) is 34.1 Å². The van der Waals surface area contributed by atoms with Crippen LogP contribution in [0.25, 0.3) is 11.0 Å². The third-order valence-corrected chi connectivity index (χ3v) is 2.94. The molecule has 2 atom stereocenters. The van der Waals surface area contributed by atoms with Crippen LogP contribution in [0.15, 0.2) is 18.2 Å². The summed E-state index contributed by atoms with van der Waals surface area (Å²) >= 11 is 0. The molecule has 2 unspecified atom stereocenters. The molecule has 2 rings (SSSR count). The summed E-state index contributed by atoms with van der Waals surface area (Å²) in [5.41, 5.74) is 8.22. The van der Waals surface area contributed by atoms with Gasteiger partial charge in [-0.2, -0.15) is 0 Å². The number of hydrogen-bond acceptors (Lipinski definition) is 4. The summed E-state index contributed by atoms with van der Waals surface area (Å²) in [7, 11) is 1.69. The summed E-state index contributed by atoms with van der Waals surface area (Å²) < 4.78 is 0. The Morgan fingerprint density at radius 2 is 2.28 bits per heavy atom. The third kappa shape index (κ3) is 2.20. The smallest absolute Gasteiger partial charge is 0.322 e. The molecule has 0 bridgehead atoms. The van der Waals surface area contributed by atoms with E-state index in [1.807, 2.05) is 25.1 Å². The number of likely N-dealkylation sites (N-methyl/N-ethyl adjacent to an activating group) is 1. The Kier molecular flexibility index (Phi) is 3.31. The predicted octanol–water partition coefficient (Wildman–Crippen LogP) is 0.544. The topological polar surface area (TPSA) is 104 Å². The zero-order chi connectivity index (χ0) is 13.3. The molecule has 0 amide bonds. The number of benzene rings is 1. The van der Waals surface area contributed by atoms with Gasteiger partial charge in [0.25, 0.3) is 0 Å². The number of nitrogens with zero attached hydrogens (tertiary/aromatic N) is 1. The number of aromatic amines is 1. The van der Waals surface area contributed by atoms with Gasteiger partial charge in [0.05, 0.1) is 17.1 Å². The van der Waals surface area contributed by atoms with Gasteiger partial charge < -0.3 is 21.1 Å². The number of rotatable bonds is 4. The highest BCUT2D eigenvalue weighted by molar-refractivity contribution is 5.78. The minimum absolute atomic E-state index is 0.435. The molecule has 1 heterocycles. The van der Waals surface area contributed by atoms with Gasteiger partial charge in [0.1, 0.15) is 11.9 Å². The summed E-state index contributed by atoms with van der Waals surface area (Å²) in [6.07, 6.45) is 0. The molecule has 6 heteroatoms. The second-order valence-electron chi connectivity index (χ2n) is 4.23. The number of aryl methyl sites for hydroxylation is 1. The van der Waals surface area contributed by atoms with Crippen molar-refractivity contribution in [3.8, 4) is 0 Å². The molecule has 0 fully saturated rings. The van der Waals surface area contributed by atoms with E-state index in [4.69, 9.17) is 10.8 Å². The summed E-state index contributed by atoms with van der Waals surface area (Å²) in [6.45, 7) is 1.87. The molecule has 1 aromatic carbocycles. The SMILES string of the molecule is CNC(c1ccc2nc(C)[nH]c2c1)C(N)C(=O)O. The van der Waals surface area contributed by atoms with E-state index in [0.717, 1.165) is 22.4 Å². The molecular formula is C12H16N4O2. The van der Waals surface area contributed by atoms with Gasteiger partial charge in [-0.15, -0.1) is 0 Å². The highest BCUT2D eigenvalue weighted by Crippen LogP contribution is 2.20.